The highest BCUT2D eigenvalue weighted by Crippen LogP contribution is 2.00. The number of amides is 1. The average molecular weight is 249 g/mol. The Morgan fingerprint density at radius 2 is 2.11 bits per heavy atom. The molecule has 1 amide bonds. The number of hydrogen-bond donors (Lipinski definition) is 2. The molecule has 0 aromatic heterocycles. The van der Waals surface area contributed by atoms with Gasteiger partial charge in [-0.25, -0.2) is 0 Å². The van der Waals surface area contributed by atoms with Gasteiger partial charge in [-0.3, -0.25) is 9.79 Å². The Morgan fingerprint density at radius 3 is 2.72 bits per heavy atom. The summed E-state index contributed by atoms with van der Waals surface area (Å²) in [4.78, 5) is 15.8. The fourth-order valence-electron chi connectivity index (χ4n) is 1.37. The molecule has 0 saturated carbocycles. The molecule has 0 radical (unpaired) electrons. The Bertz CT molecular complexity index is 404. The van der Waals surface area contributed by atoms with E-state index in [9.17, 15) is 4.79 Å². The second-order valence-corrected chi connectivity index (χ2v) is 3.84. The number of nitrogens with two attached hydrogens (primary N) is 1. The fraction of sp³-hybridized carbons (Fsp3) is 0.385. The van der Waals surface area contributed by atoms with Gasteiger partial charge in [0.2, 0.25) is 5.91 Å². The van der Waals surface area contributed by atoms with Crippen LogP contribution in [0.15, 0.2) is 35.3 Å². The van der Waals surface area contributed by atoms with E-state index in [-0.39, 0.29) is 5.91 Å². The summed E-state index contributed by atoms with van der Waals surface area (Å²) >= 11 is 0. The summed E-state index contributed by atoms with van der Waals surface area (Å²) in [5, 5.41) is 2.71. The van der Waals surface area contributed by atoms with Gasteiger partial charge in [0.15, 0.2) is 0 Å². The molecule has 0 bridgehead atoms. The summed E-state index contributed by atoms with van der Waals surface area (Å²) in [7, 11) is 1.58. The molecule has 5 heteroatoms. The van der Waals surface area contributed by atoms with Crippen LogP contribution in [0, 0.1) is 0 Å². The largest absolute Gasteiger partial charge is 0.383 e. The Hall–Kier alpha value is -1.88. The fourth-order valence-corrected chi connectivity index (χ4v) is 1.37. The van der Waals surface area contributed by atoms with Crippen LogP contribution in [0.1, 0.15) is 12.5 Å². The molecule has 1 rings (SSSR count). The molecule has 3 N–H and O–H groups in total. The van der Waals surface area contributed by atoms with Gasteiger partial charge in [-0.1, -0.05) is 30.3 Å². The van der Waals surface area contributed by atoms with Crippen LogP contribution < -0.4 is 11.1 Å². The van der Waals surface area contributed by atoms with E-state index >= 15 is 0 Å². The van der Waals surface area contributed by atoms with Crippen molar-refractivity contribution in [1.82, 2.24) is 5.32 Å². The van der Waals surface area contributed by atoms with Gasteiger partial charge in [0.25, 0.3) is 0 Å². The van der Waals surface area contributed by atoms with Crippen molar-refractivity contribution >= 4 is 11.7 Å². The number of carbonyl (C=O) groups is 1. The van der Waals surface area contributed by atoms with E-state index in [1.807, 2.05) is 30.3 Å². The number of rotatable bonds is 6. The molecule has 0 aliphatic heterocycles. The topological polar surface area (TPSA) is 76.7 Å². The molecule has 0 aliphatic carbocycles. The summed E-state index contributed by atoms with van der Waals surface area (Å²) in [6.07, 6.45) is 0. The van der Waals surface area contributed by atoms with E-state index in [1.54, 1.807) is 14.0 Å². The normalized spacial score (nSPS) is 13.1. The number of carbonyl (C=O) groups excluding carboxylic acids is 1. The lowest BCUT2D eigenvalue weighted by atomic mass is 10.2. The lowest BCUT2D eigenvalue weighted by Gasteiger charge is -2.09. The van der Waals surface area contributed by atoms with Gasteiger partial charge in [0.05, 0.1) is 6.61 Å². The Balaban J connectivity index is 2.57. The maximum Gasteiger partial charge on any atom is 0.244 e. The molecular formula is C13H19N3O2. The molecule has 1 aromatic carbocycles. The minimum atomic E-state index is -0.512. The molecular weight excluding hydrogens is 230 g/mol. The van der Waals surface area contributed by atoms with Crippen molar-refractivity contribution in [3.63, 3.8) is 0 Å². The van der Waals surface area contributed by atoms with E-state index in [0.29, 0.717) is 19.0 Å². The van der Waals surface area contributed by atoms with Crippen molar-refractivity contribution in [3.05, 3.63) is 35.9 Å². The third-order valence-electron chi connectivity index (χ3n) is 2.39. The zero-order chi connectivity index (χ0) is 13.4. The zero-order valence-electron chi connectivity index (χ0n) is 10.7. The summed E-state index contributed by atoms with van der Waals surface area (Å²) < 4.78 is 4.85. The number of nitrogens with one attached hydrogen (secondary N) is 1. The van der Waals surface area contributed by atoms with Crippen LogP contribution in [-0.4, -0.2) is 38.0 Å². The Kier molecular flexibility index (Phi) is 5.87. The second kappa shape index (κ2) is 7.45. The first-order valence-electron chi connectivity index (χ1n) is 5.80. The van der Waals surface area contributed by atoms with Crippen molar-refractivity contribution in [3.8, 4) is 0 Å². The van der Waals surface area contributed by atoms with E-state index in [1.165, 1.54) is 0 Å². The van der Waals surface area contributed by atoms with Crippen molar-refractivity contribution in [2.24, 2.45) is 10.7 Å². The van der Waals surface area contributed by atoms with E-state index in [2.05, 4.69) is 10.3 Å². The van der Waals surface area contributed by atoms with Crippen LogP contribution in [-0.2, 0) is 9.53 Å². The van der Waals surface area contributed by atoms with Crippen molar-refractivity contribution in [2.75, 3.05) is 20.3 Å². The quantitative estimate of drug-likeness (QED) is 0.439. The van der Waals surface area contributed by atoms with Crippen LogP contribution in [0.25, 0.3) is 0 Å². The molecule has 5 nitrogen and oxygen atoms in total. The number of aliphatic imine (C=N–C) groups is 1. The van der Waals surface area contributed by atoms with Gasteiger partial charge in [-0.15, -0.1) is 0 Å². The smallest absolute Gasteiger partial charge is 0.244 e. The van der Waals surface area contributed by atoms with Gasteiger partial charge < -0.3 is 15.8 Å². The molecule has 98 valence electrons. The van der Waals surface area contributed by atoms with Crippen LogP contribution in [0.5, 0.6) is 0 Å². The van der Waals surface area contributed by atoms with Gasteiger partial charge in [0.1, 0.15) is 11.9 Å². The maximum absolute atomic E-state index is 11.7. The van der Waals surface area contributed by atoms with Crippen LogP contribution in [0.4, 0.5) is 0 Å². The second-order valence-electron chi connectivity index (χ2n) is 3.84. The number of benzene rings is 1. The van der Waals surface area contributed by atoms with E-state index in [0.717, 1.165) is 5.56 Å². The summed E-state index contributed by atoms with van der Waals surface area (Å²) in [6.45, 7) is 2.66. The zero-order valence-corrected chi connectivity index (χ0v) is 10.7. The van der Waals surface area contributed by atoms with Crippen molar-refractivity contribution < 1.29 is 9.53 Å². The Morgan fingerprint density at radius 1 is 1.44 bits per heavy atom. The predicted molar refractivity (Wildman–Crippen MR) is 71.5 cm³/mol. The van der Waals surface area contributed by atoms with Crippen molar-refractivity contribution in [1.29, 1.82) is 0 Å². The third-order valence-corrected chi connectivity index (χ3v) is 2.39. The molecule has 1 atom stereocenters. The van der Waals surface area contributed by atoms with Gasteiger partial charge in [-0.05, 0) is 6.92 Å². The number of ether oxygens (including phenoxy) is 1. The lowest BCUT2D eigenvalue weighted by Crippen LogP contribution is -2.35. The highest BCUT2D eigenvalue weighted by atomic mass is 16.5. The van der Waals surface area contributed by atoms with Gasteiger partial charge in [-0.2, -0.15) is 0 Å². The number of nitrogens with zero attached hydrogens (tertiary/aromatic N) is 1. The minimum Gasteiger partial charge on any atom is -0.383 e. The molecule has 0 spiro atoms. The number of methoxy groups -OCH3 is 1. The average Bonchev–Trinajstić information content (AvgIpc) is 2.39. The lowest BCUT2D eigenvalue weighted by molar-refractivity contribution is -0.122. The molecule has 1 aromatic rings. The molecule has 1 unspecified atom stereocenters. The number of amidine groups is 1. The van der Waals surface area contributed by atoms with Crippen molar-refractivity contribution in [2.45, 2.75) is 13.0 Å². The molecule has 18 heavy (non-hydrogen) atoms. The van der Waals surface area contributed by atoms with Crippen LogP contribution >= 0.6 is 0 Å². The summed E-state index contributed by atoms with van der Waals surface area (Å²) in [5.74, 6) is 0.205. The summed E-state index contributed by atoms with van der Waals surface area (Å²) in [6, 6.07) is 8.85. The monoisotopic (exact) mass is 249 g/mol. The van der Waals surface area contributed by atoms with Gasteiger partial charge >= 0.3 is 0 Å². The Labute approximate surface area is 107 Å². The SMILES string of the molecule is COCCNC(=O)C(C)N=C(N)c1ccccc1. The van der Waals surface area contributed by atoms with E-state index < -0.39 is 6.04 Å². The predicted octanol–water partition coefficient (Wildman–Crippen LogP) is 0.543. The first-order chi connectivity index (χ1) is 8.65. The van der Waals surface area contributed by atoms with Gasteiger partial charge in [0, 0.05) is 19.2 Å². The molecule has 0 saturated heterocycles. The molecule has 0 aliphatic rings. The first kappa shape index (κ1) is 14.2. The molecule has 0 fully saturated rings. The van der Waals surface area contributed by atoms with E-state index in [4.69, 9.17) is 10.5 Å². The van der Waals surface area contributed by atoms with Crippen LogP contribution in [0.3, 0.4) is 0 Å². The highest BCUT2D eigenvalue weighted by Gasteiger charge is 2.11. The highest BCUT2D eigenvalue weighted by molar-refractivity contribution is 5.99. The summed E-state index contributed by atoms with van der Waals surface area (Å²) in [5.41, 5.74) is 6.65. The van der Waals surface area contributed by atoms with Crippen LogP contribution in [0.2, 0.25) is 0 Å². The standard InChI is InChI=1S/C13H19N3O2/c1-10(13(17)15-8-9-18-2)16-12(14)11-6-4-3-5-7-11/h3-7,10H,8-9H2,1-2H3,(H2,14,16)(H,15,17). The number of hydrogen-bond acceptors (Lipinski definition) is 3. The molecule has 0 heterocycles. The first-order valence-corrected chi connectivity index (χ1v) is 5.80. The third kappa shape index (κ3) is 4.55. The minimum absolute atomic E-state index is 0.161. The maximum atomic E-state index is 11.7.